The van der Waals surface area contributed by atoms with Crippen LogP contribution < -0.4 is 14.9 Å². The molecule has 0 unspecified atom stereocenters. The standard InChI is InChI=1S/C17H16Br2N2O3/c1-11-5-3-4-6-15(11)24-10-16(22)21-20-9-12-7-13(18)17(23-2)14(19)8-12/h3-9H,10H2,1-2H3,(H,21,22). The number of hydrogen-bond donors (Lipinski definition) is 1. The van der Waals surface area contributed by atoms with Crippen molar-refractivity contribution >= 4 is 44.0 Å². The summed E-state index contributed by atoms with van der Waals surface area (Å²) in [7, 11) is 1.59. The lowest BCUT2D eigenvalue weighted by Crippen LogP contribution is -2.24. The van der Waals surface area contributed by atoms with Crippen LogP contribution in [0.1, 0.15) is 11.1 Å². The van der Waals surface area contributed by atoms with E-state index in [0.29, 0.717) is 11.5 Å². The molecule has 2 aromatic carbocycles. The summed E-state index contributed by atoms with van der Waals surface area (Å²) >= 11 is 6.82. The fourth-order valence-corrected chi connectivity index (χ4v) is 3.47. The number of halogens is 2. The molecule has 0 heterocycles. The zero-order valence-corrected chi connectivity index (χ0v) is 16.3. The topological polar surface area (TPSA) is 59.9 Å². The third-order valence-corrected chi connectivity index (χ3v) is 4.26. The fraction of sp³-hybridized carbons (Fsp3) is 0.176. The van der Waals surface area contributed by atoms with Gasteiger partial charge in [-0.15, -0.1) is 0 Å². The first kappa shape index (κ1) is 18.5. The lowest BCUT2D eigenvalue weighted by Gasteiger charge is -2.08. The van der Waals surface area contributed by atoms with E-state index in [1.54, 1.807) is 13.3 Å². The second-order valence-electron chi connectivity index (χ2n) is 4.87. The molecule has 0 saturated carbocycles. The molecule has 0 fully saturated rings. The van der Waals surface area contributed by atoms with Gasteiger partial charge in [0.25, 0.3) is 5.91 Å². The van der Waals surface area contributed by atoms with Crippen LogP contribution in [0.5, 0.6) is 11.5 Å². The molecule has 5 nitrogen and oxygen atoms in total. The third-order valence-electron chi connectivity index (χ3n) is 3.08. The van der Waals surface area contributed by atoms with Crippen molar-refractivity contribution in [1.29, 1.82) is 0 Å². The highest BCUT2D eigenvalue weighted by Gasteiger charge is 2.07. The molecule has 126 valence electrons. The SMILES string of the molecule is COc1c(Br)cc(C=NNC(=O)COc2ccccc2C)cc1Br. The van der Waals surface area contributed by atoms with Gasteiger partial charge in [0, 0.05) is 0 Å². The van der Waals surface area contributed by atoms with E-state index in [0.717, 1.165) is 20.1 Å². The number of rotatable bonds is 6. The highest BCUT2D eigenvalue weighted by molar-refractivity contribution is 9.11. The summed E-state index contributed by atoms with van der Waals surface area (Å²) in [6, 6.07) is 11.2. The number of nitrogens with zero attached hydrogens (tertiary/aromatic N) is 1. The maximum Gasteiger partial charge on any atom is 0.277 e. The minimum atomic E-state index is -0.332. The average molecular weight is 456 g/mol. The van der Waals surface area contributed by atoms with Gasteiger partial charge in [0.1, 0.15) is 11.5 Å². The first-order chi connectivity index (χ1) is 11.5. The number of nitrogens with one attached hydrogen (secondary N) is 1. The van der Waals surface area contributed by atoms with Gasteiger partial charge in [-0.1, -0.05) is 18.2 Å². The highest BCUT2D eigenvalue weighted by atomic mass is 79.9. The van der Waals surface area contributed by atoms with Gasteiger partial charge in [-0.3, -0.25) is 4.79 Å². The third kappa shape index (κ3) is 5.07. The van der Waals surface area contributed by atoms with E-state index in [-0.39, 0.29) is 12.5 Å². The van der Waals surface area contributed by atoms with Crippen molar-refractivity contribution in [3.05, 3.63) is 56.5 Å². The van der Waals surface area contributed by atoms with Gasteiger partial charge >= 0.3 is 0 Å². The van der Waals surface area contributed by atoms with Gasteiger partial charge in [-0.25, -0.2) is 5.43 Å². The van der Waals surface area contributed by atoms with E-state index in [9.17, 15) is 4.79 Å². The molecule has 0 aromatic heterocycles. The highest BCUT2D eigenvalue weighted by Crippen LogP contribution is 2.33. The second-order valence-corrected chi connectivity index (χ2v) is 6.57. The molecule has 1 amide bonds. The summed E-state index contributed by atoms with van der Waals surface area (Å²) < 4.78 is 12.3. The molecule has 0 bridgehead atoms. The normalized spacial score (nSPS) is 10.7. The second kappa shape index (κ2) is 8.84. The van der Waals surface area contributed by atoms with Crippen molar-refractivity contribution in [2.75, 3.05) is 13.7 Å². The van der Waals surface area contributed by atoms with E-state index >= 15 is 0 Å². The van der Waals surface area contributed by atoms with Crippen molar-refractivity contribution in [1.82, 2.24) is 5.43 Å². The van der Waals surface area contributed by atoms with E-state index < -0.39 is 0 Å². The molecular weight excluding hydrogens is 440 g/mol. The van der Waals surface area contributed by atoms with Gasteiger partial charge in [0.05, 0.1) is 22.3 Å². The molecule has 0 saturated heterocycles. The first-order valence-corrected chi connectivity index (χ1v) is 8.63. The number of hydrazone groups is 1. The van der Waals surface area contributed by atoms with E-state index in [2.05, 4.69) is 42.4 Å². The van der Waals surface area contributed by atoms with Gasteiger partial charge < -0.3 is 9.47 Å². The van der Waals surface area contributed by atoms with Crippen molar-refractivity contribution in [2.45, 2.75) is 6.92 Å². The Bertz CT molecular complexity index is 740. The lowest BCUT2D eigenvalue weighted by atomic mass is 10.2. The molecule has 1 N–H and O–H groups in total. The molecule has 0 atom stereocenters. The maximum atomic E-state index is 11.8. The average Bonchev–Trinajstić information content (AvgIpc) is 2.54. The van der Waals surface area contributed by atoms with Crippen LogP contribution in [0.25, 0.3) is 0 Å². The number of amides is 1. The van der Waals surface area contributed by atoms with Crippen LogP contribution >= 0.6 is 31.9 Å². The van der Waals surface area contributed by atoms with Gasteiger partial charge in [-0.05, 0) is 68.1 Å². The Morgan fingerprint density at radius 2 is 1.92 bits per heavy atom. The van der Waals surface area contributed by atoms with Crippen LogP contribution in [-0.2, 0) is 4.79 Å². The monoisotopic (exact) mass is 454 g/mol. The maximum absolute atomic E-state index is 11.8. The van der Waals surface area contributed by atoms with E-state index in [1.165, 1.54) is 0 Å². The number of carbonyl (C=O) groups excluding carboxylic acids is 1. The van der Waals surface area contributed by atoms with Crippen LogP contribution in [0.15, 0.2) is 50.4 Å². The number of benzene rings is 2. The van der Waals surface area contributed by atoms with Crippen molar-refractivity contribution in [3.8, 4) is 11.5 Å². The van der Waals surface area contributed by atoms with Gasteiger partial charge in [0.15, 0.2) is 6.61 Å². The van der Waals surface area contributed by atoms with Gasteiger partial charge in [-0.2, -0.15) is 5.10 Å². The Kier molecular flexibility index (Phi) is 6.81. The van der Waals surface area contributed by atoms with Crippen molar-refractivity contribution < 1.29 is 14.3 Å². The summed E-state index contributed by atoms with van der Waals surface area (Å²) in [6.07, 6.45) is 1.54. The first-order valence-electron chi connectivity index (χ1n) is 7.04. The summed E-state index contributed by atoms with van der Waals surface area (Å²) in [5, 5.41) is 3.93. The predicted octanol–water partition coefficient (Wildman–Crippen LogP) is 4.06. The van der Waals surface area contributed by atoms with Crippen LogP contribution in [0, 0.1) is 6.92 Å². The summed E-state index contributed by atoms with van der Waals surface area (Å²) in [6.45, 7) is 1.82. The molecule has 24 heavy (non-hydrogen) atoms. The van der Waals surface area contributed by atoms with Gasteiger partial charge in [0.2, 0.25) is 0 Å². The predicted molar refractivity (Wildman–Crippen MR) is 101 cm³/mol. The summed E-state index contributed by atoms with van der Waals surface area (Å²) in [5.41, 5.74) is 4.21. The van der Waals surface area contributed by atoms with Crippen LogP contribution in [0.3, 0.4) is 0 Å². The Labute approximate surface area is 157 Å². The van der Waals surface area contributed by atoms with Crippen molar-refractivity contribution in [3.63, 3.8) is 0 Å². The zero-order chi connectivity index (χ0) is 17.5. The molecular formula is C17H16Br2N2O3. The zero-order valence-electron chi connectivity index (χ0n) is 13.2. The molecule has 2 aromatic rings. The molecule has 0 aliphatic rings. The number of hydrogen-bond acceptors (Lipinski definition) is 4. The van der Waals surface area contributed by atoms with Crippen LogP contribution in [0.4, 0.5) is 0 Å². The lowest BCUT2D eigenvalue weighted by molar-refractivity contribution is -0.123. The minimum Gasteiger partial charge on any atom is -0.494 e. The molecule has 0 aliphatic carbocycles. The summed E-state index contributed by atoms with van der Waals surface area (Å²) in [4.78, 5) is 11.8. The smallest absolute Gasteiger partial charge is 0.277 e. The number of carbonyl (C=O) groups is 1. The molecule has 0 aliphatic heterocycles. The largest absolute Gasteiger partial charge is 0.494 e. The van der Waals surface area contributed by atoms with Crippen LogP contribution in [0.2, 0.25) is 0 Å². The quantitative estimate of drug-likeness (QED) is 0.527. The van der Waals surface area contributed by atoms with Crippen LogP contribution in [-0.4, -0.2) is 25.8 Å². The Hall–Kier alpha value is -1.86. The minimum absolute atomic E-state index is 0.0990. The van der Waals surface area contributed by atoms with E-state index in [4.69, 9.17) is 9.47 Å². The number of ether oxygens (including phenoxy) is 2. The summed E-state index contributed by atoms with van der Waals surface area (Å²) in [5.74, 6) is 1.05. The molecule has 2 rings (SSSR count). The fourth-order valence-electron chi connectivity index (χ4n) is 1.92. The number of para-hydroxylation sites is 1. The number of methoxy groups -OCH3 is 1. The Balaban J connectivity index is 1.90. The molecule has 0 spiro atoms. The van der Waals surface area contributed by atoms with E-state index in [1.807, 2.05) is 43.3 Å². The Morgan fingerprint density at radius 1 is 1.25 bits per heavy atom. The Morgan fingerprint density at radius 3 is 2.54 bits per heavy atom. The molecule has 7 heteroatoms. The molecule has 0 radical (unpaired) electrons. The van der Waals surface area contributed by atoms with Crippen molar-refractivity contribution in [2.24, 2.45) is 5.10 Å². The number of aryl methyl sites for hydroxylation is 1.